The minimum atomic E-state index is -4.92. The number of nitriles is 1. The second-order valence-corrected chi connectivity index (χ2v) is 6.84. The molecule has 32 heavy (non-hydrogen) atoms. The number of amides is 1. The molecule has 0 radical (unpaired) electrons. The molecule has 1 aliphatic heterocycles. The van der Waals surface area contributed by atoms with Gasteiger partial charge in [0.15, 0.2) is 0 Å². The van der Waals surface area contributed by atoms with E-state index in [9.17, 15) is 31.1 Å². The summed E-state index contributed by atoms with van der Waals surface area (Å²) in [6, 6.07) is 9.21. The van der Waals surface area contributed by atoms with Gasteiger partial charge in [0, 0.05) is 11.3 Å². The van der Waals surface area contributed by atoms with Crippen LogP contribution in [-0.2, 0) is 10.9 Å². The van der Waals surface area contributed by atoms with Crippen LogP contribution in [0.25, 0.3) is 0 Å². The standard InChI is InChI=1S/C20H15F6N3O3/c21-19(22,23)16-7-13(4-1-12(16)8-27)29-9-15(32-18(29)20(24,25)26)10-31-14-5-2-11(3-6-14)17(28)30/h1-7,15,18H,9-10H2,(H2,28,30)/t15-,18+/m0/s1. The van der Waals surface area contributed by atoms with Gasteiger partial charge in [-0.1, -0.05) is 0 Å². The zero-order valence-electron chi connectivity index (χ0n) is 16.1. The molecule has 12 heteroatoms. The lowest BCUT2D eigenvalue weighted by Crippen LogP contribution is -2.42. The zero-order chi connectivity index (χ0) is 23.7. The van der Waals surface area contributed by atoms with Gasteiger partial charge in [-0.05, 0) is 42.5 Å². The molecule has 3 rings (SSSR count). The van der Waals surface area contributed by atoms with Crippen molar-refractivity contribution in [2.75, 3.05) is 18.1 Å². The first-order valence-corrected chi connectivity index (χ1v) is 9.03. The fourth-order valence-electron chi connectivity index (χ4n) is 3.15. The molecule has 0 unspecified atom stereocenters. The number of anilines is 1. The zero-order valence-corrected chi connectivity index (χ0v) is 16.1. The quantitative estimate of drug-likeness (QED) is 0.687. The van der Waals surface area contributed by atoms with E-state index >= 15 is 0 Å². The summed E-state index contributed by atoms with van der Waals surface area (Å²) in [6.07, 6.45) is -13.4. The van der Waals surface area contributed by atoms with E-state index in [2.05, 4.69) is 0 Å². The number of ether oxygens (including phenoxy) is 2. The van der Waals surface area contributed by atoms with Crippen molar-refractivity contribution in [1.82, 2.24) is 0 Å². The Morgan fingerprint density at radius 3 is 2.34 bits per heavy atom. The number of nitrogens with two attached hydrogens (primary N) is 1. The Kier molecular flexibility index (Phi) is 6.23. The minimum Gasteiger partial charge on any atom is -0.491 e. The van der Waals surface area contributed by atoms with Gasteiger partial charge in [0.25, 0.3) is 0 Å². The van der Waals surface area contributed by atoms with Crippen molar-refractivity contribution in [3.63, 3.8) is 0 Å². The third-order valence-electron chi connectivity index (χ3n) is 4.62. The molecule has 2 N–H and O–H groups in total. The topological polar surface area (TPSA) is 88.6 Å². The van der Waals surface area contributed by atoms with E-state index < -0.39 is 54.0 Å². The van der Waals surface area contributed by atoms with Gasteiger partial charge in [0.2, 0.25) is 12.1 Å². The summed E-state index contributed by atoms with van der Waals surface area (Å²) >= 11 is 0. The Balaban J connectivity index is 1.80. The van der Waals surface area contributed by atoms with Crippen molar-refractivity contribution in [2.45, 2.75) is 24.7 Å². The highest BCUT2D eigenvalue weighted by Gasteiger charge is 2.51. The number of carbonyl (C=O) groups is 1. The third-order valence-corrected chi connectivity index (χ3v) is 4.62. The molecule has 0 saturated carbocycles. The normalized spacial score (nSPS) is 19.0. The maximum Gasteiger partial charge on any atom is 0.433 e. The number of carbonyl (C=O) groups excluding carboxylic acids is 1. The van der Waals surface area contributed by atoms with Crippen LogP contribution in [0.15, 0.2) is 42.5 Å². The van der Waals surface area contributed by atoms with E-state index in [0.29, 0.717) is 11.0 Å². The van der Waals surface area contributed by atoms with E-state index in [4.69, 9.17) is 20.5 Å². The smallest absolute Gasteiger partial charge is 0.433 e. The molecule has 1 amide bonds. The third kappa shape index (κ3) is 5.05. The van der Waals surface area contributed by atoms with Crippen molar-refractivity contribution in [1.29, 1.82) is 5.26 Å². The molecule has 2 aromatic carbocycles. The number of hydrogen-bond acceptors (Lipinski definition) is 5. The first-order valence-electron chi connectivity index (χ1n) is 9.03. The predicted molar refractivity (Wildman–Crippen MR) is 98.7 cm³/mol. The van der Waals surface area contributed by atoms with Gasteiger partial charge >= 0.3 is 12.4 Å². The monoisotopic (exact) mass is 459 g/mol. The van der Waals surface area contributed by atoms with Crippen molar-refractivity contribution in [3.05, 3.63) is 59.2 Å². The van der Waals surface area contributed by atoms with E-state index in [-0.39, 0.29) is 17.9 Å². The molecule has 2 aromatic rings. The van der Waals surface area contributed by atoms with Gasteiger partial charge < -0.3 is 20.1 Å². The lowest BCUT2D eigenvalue weighted by Gasteiger charge is -2.27. The average molecular weight is 459 g/mol. The van der Waals surface area contributed by atoms with Crippen molar-refractivity contribution < 1.29 is 40.6 Å². The molecule has 1 aliphatic rings. The van der Waals surface area contributed by atoms with Crippen LogP contribution in [-0.4, -0.2) is 37.6 Å². The van der Waals surface area contributed by atoms with Crippen molar-refractivity contribution in [2.24, 2.45) is 5.73 Å². The van der Waals surface area contributed by atoms with E-state index in [1.807, 2.05) is 0 Å². The Hall–Kier alpha value is -3.46. The van der Waals surface area contributed by atoms with Gasteiger partial charge in [-0.3, -0.25) is 4.79 Å². The summed E-state index contributed by atoms with van der Waals surface area (Å²) in [6.45, 7) is -0.742. The van der Waals surface area contributed by atoms with E-state index in [1.54, 1.807) is 0 Å². The maximum absolute atomic E-state index is 13.5. The number of benzene rings is 2. The summed E-state index contributed by atoms with van der Waals surface area (Å²) in [5.74, 6) is -0.432. The fourth-order valence-corrected chi connectivity index (χ4v) is 3.15. The molecule has 1 fully saturated rings. The van der Waals surface area contributed by atoms with Crippen LogP contribution in [0.1, 0.15) is 21.5 Å². The lowest BCUT2D eigenvalue weighted by atomic mass is 10.1. The molecule has 0 aromatic heterocycles. The fraction of sp³-hybridized carbons (Fsp3) is 0.300. The maximum atomic E-state index is 13.5. The highest BCUT2D eigenvalue weighted by Crippen LogP contribution is 2.39. The first-order chi connectivity index (χ1) is 14.9. The average Bonchev–Trinajstić information content (AvgIpc) is 3.16. The molecule has 170 valence electrons. The molecule has 0 bridgehead atoms. The number of primary amides is 1. The van der Waals surface area contributed by atoms with Crippen LogP contribution in [0.2, 0.25) is 0 Å². The highest BCUT2D eigenvalue weighted by atomic mass is 19.4. The number of alkyl halides is 6. The van der Waals surface area contributed by atoms with E-state index in [0.717, 1.165) is 12.1 Å². The number of hydrogen-bond donors (Lipinski definition) is 1. The number of rotatable bonds is 5. The molecule has 1 saturated heterocycles. The summed E-state index contributed by atoms with van der Waals surface area (Å²) in [5, 5.41) is 8.88. The summed E-state index contributed by atoms with van der Waals surface area (Å²) < 4.78 is 90.6. The molecule has 0 aliphatic carbocycles. The largest absolute Gasteiger partial charge is 0.491 e. The first kappa shape index (κ1) is 23.2. The van der Waals surface area contributed by atoms with Gasteiger partial charge in [-0.15, -0.1) is 0 Å². The second-order valence-electron chi connectivity index (χ2n) is 6.84. The minimum absolute atomic E-state index is 0.207. The van der Waals surface area contributed by atoms with Crippen LogP contribution >= 0.6 is 0 Å². The predicted octanol–water partition coefficient (Wildman–Crippen LogP) is 3.85. The van der Waals surface area contributed by atoms with Gasteiger partial charge in [0.05, 0.1) is 23.7 Å². The van der Waals surface area contributed by atoms with Crippen LogP contribution in [0.5, 0.6) is 5.75 Å². The molecule has 1 heterocycles. The summed E-state index contributed by atoms with van der Waals surface area (Å²) in [5.41, 5.74) is 2.89. The van der Waals surface area contributed by atoms with Crippen molar-refractivity contribution in [3.8, 4) is 11.8 Å². The molecule has 2 atom stereocenters. The van der Waals surface area contributed by atoms with Crippen LogP contribution < -0.4 is 15.4 Å². The molecule has 0 spiro atoms. The Morgan fingerprint density at radius 2 is 1.81 bits per heavy atom. The lowest BCUT2D eigenvalue weighted by molar-refractivity contribution is -0.215. The number of halogens is 6. The molecular weight excluding hydrogens is 444 g/mol. The summed E-state index contributed by atoms with van der Waals surface area (Å²) in [7, 11) is 0. The molecule has 6 nitrogen and oxygen atoms in total. The Bertz CT molecular complexity index is 1030. The van der Waals surface area contributed by atoms with Crippen LogP contribution in [0.3, 0.4) is 0 Å². The SMILES string of the molecule is N#Cc1ccc(N2C[C@@H](COc3ccc(C(N)=O)cc3)O[C@@H]2C(F)(F)F)cc1C(F)(F)F. The van der Waals surface area contributed by atoms with Gasteiger partial charge in [0.1, 0.15) is 18.5 Å². The summed E-state index contributed by atoms with van der Waals surface area (Å²) in [4.78, 5) is 11.7. The van der Waals surface area contributed by atoms with Crippen molar-refractivity contribution >= 4 is 11.6 Å². The molecular formula is C20H15F6N3O3. The second kappa shape index (κ2) is 8.58. The Labute approximate surface area is 177 Å². The van der Waals surface area contributed by atoms with Crippen LogP contribution in [0, 0.1) is 11.3 Å². The highest BCUT2D eigenvalue weighted by molar-refractivity contribution is 5.92. The van der Waals surface area contributed by atoms with Crippen LogP contribution in [0.4, 0.5) is 32.0 Å². The number of nitrogens with zero attached hydrogens (tertiary/aromatic N) is 2. The van der Waals surface area contributed by atoms with Gasteiger partial charge in [-0.25, -0.2) is 0 Å². The Morgan fingerprint density at radius 1 is 1.16 bits per heavy atom. The van der Waals surface area contributed by atoms with Gasteiger partial charge in [-0.2, -0.15) is 31.6 Å². The van der Waals surface area contributed by atoms with E-state index in [1.165, 1.54) is 30.3 Å².